The second kappa shape index (κ2) is 11.0. The molecule has 1 saturated heterocycles. The average Bonchev–Trinajstić information content (AvgIpc) is 3.19. The number of carboxylic acids is 1. The highest BCUT2D eigenvalue weighted by Gasteiger charge is 2.37. The van der Waals surface area contributed by atoms with Crippen molar-refractivity contribution in [3.63, 3.8) is 0 Å². The van der Waals surface area contributed by atoms with Gasteiger partial charge in [-0.1, -0.05) is 30.3 Å². The first-order valence-corrected chi connectivity index (χ1v) is 8.76. The lowest BCUT2D eigenvalue weighted by atomic mass is 10.0. The lowest BCUT2D eigenvalue weighted by Crippen LogP contribution is -2.48. The maximum Gasteiger partial charge on any atom is 0.482 e. The number of carboxylic acid groups (broad SMARTS) is 1. The van der Waals surface area contributed by atoms with Gasteiger partial charge in [0.15, 0.2) is 0 Å². The van der Waals surface area contributed by atoms with Gasteiger partial charge < -0.3 is 25.4 Å². The summed E-state index contributed by atoms with van der Waals surface area (Å²) in [6.45, 7) is 0.462. The average molecular weight is 385 g/mol. The summed E-state index contributed by atoms with van der Waals surface area (Å²) in [5.41, 5.74) is 0.989. The van der Waals surface area contributed by atoms with Gasteiger partial charge in [-0.2, -0.15) is 0 Å². The Morgan fingerprint density at radius 3 is 2.57 bits per heavy atom. The number of rotatable bonds is 6. The van der Waals surface area contributed by atoms with Crippen LogP contribution >= 0.6 is 0 Å². The number of benzene rings is 1. The maximum atomic E-state index is 13.0. The van der Waals surface area contributed by atoms with Crippen LogP contribution in [0.3, 0.4) is 0 Å². The van der Waals surface area contributed by atoms with Gasteiger partial charge in [0.05, 0.1) is 6.20 Å². The summed E-state index contributed by atoms with van der Waals surface area (Å²) in [4.78, 5) is 34.1. The van der Waals surface area contributed by atoms with E-state index in [1.807, 2.05) is 30.3 Å². The van der Waals surface area contributed by atoms with E-state index in [2.05, 4.69) is 15.3 Å². The molecule has 1 unspecified atom stereocenters. The van der Waals surface area contributed by atoms with Crippen molar-refractivity contribution in [1.82, 2.24) is 14.9 Å². The summed E-state index contributed by atoms with van der Waals surface area (Å²) < 4.78 is 0. The zero-order chi connectivity index (χ0) is 20.4. The first-order valence-electron chi connectivity index (χ1n) is 8.76. The van der Waals surface area contributed by atoms with Gasteiger partial charge in [0.25, 0.3) is 0 Å². The number of amides is 1. The molecule has 28 heavy (non-hydrogen) atoms. The van der Waals surface area contributed by atoms with Crippen molar-refractivity contribution in [1.29, 1.82) is 0 Å². The second-order valence-corrected chi connectivity index (χ2v) is 6.12. The Morgan fingerprint density at radius 1 is 1.25 bits per heavy atom. The van der Waals surface area contributed by atoms with Crippen molar-refractivity contribution in [2.24, 2.45) is 0 Å². The van der Waals surface area contributed by atoms with Crippen LogP contribution in [0.25, 0.3) is 0 Å². The Bertz CT molecular complexity index is 709. The third kappa shape index (κ3) is 6.03. The highest BCUT2D eigenvalue weighted by atomic mass is 16.4. The van der Waals surface area contributed by atoms with Crippen LogP contribution in [0.2, 0.25) is 0 Å². The Balaban J connectivity index is 0.000000878. The molecule has 0 aliphatic carbocycles. The highest BCUT2D eigenvalue weighted by molar-refractivity contribution is 6.13. The highest BCUT2D eigenvalue weighted by Crippen LogP contribution is 2.20. The summed E-state index contributed by atoms with van der Waals surface area (Å²) >= 11 is 0. The van der Waals surface area contributed by atoms with Crippen LogP contribution < -0.4 is 5.32 Å². The number of aromatic nitrogens is 2. The summed E-state index contributed by atoms with van der Waals surface area (Å²) in [5, 5.41) is 26.5. The SMILES string of the molecule is O=C(O)[C@@H]1CCCN1C(=O)C(Cc1ccccc1)Nc1cnccn1.O[B]O. The summed E-state index contributed by atoms with van der Waals surface area (Å²) in [6.07, 6.45) is 6.28. The molecule has 0 bridgehead atoms. The van der Waals surface area contributed by atoms with E-state index in [1.54, 1.807) is 18.6 Å². The minimum atomic E-state index is -0.955. The molecule has 0 spiro atoms. The van der Waals surface area contributed by atoms with Crippen LogP contribution in [0.4, 0.5) is 5.82 Å². The number of hydrogen-bond acceptors (Lipinski definition) is 7. The predicted octanol–water partition coefficient (Wildman–Crippen LogP) is 0.0806. The topological polar surface area (TPSA) is 136 Å². The fourth-order valence-corrected chi connectivity index (χ4v) is 3.09. The molecule has 1 aromatic carbocycles. The Hall–Kier alpha value is -2.98. The van der Waals surface area contributed by atoms with E-state index >= 15 is 0 Å². The molecule has 2 atom stereocenters. The van der Waals surface area contributed by atoms with Crippen LogP contribution in [-0.4, -0.2) is 68.2 Å². The molecular weight excluding hydrogens is 363 g/mol. The van der Waals surface area contributed by atoms with Crippen molar-refractivity contribution >= 4 is 25.4 Å². The van der Waals surface area contributed by atoms with Gasteiger partial charge in [0.2, 0.25) is 5.91 Å². The van der Waals surface area contributed by atoms with E-state index in [4.69, 9.17) is 10.0 Å². The quantitative estimate of drug-likeness (QED) is 0.514. The van der Waals surface area contributed by atoms with Crippen molar-refractivity contribution in [2.75, 3.05) is 11.9 Å². The number of hydrogen-bond donors (Lipinski definition) is 4. The fourth-order valence-electron chi connectivity index (χ4n) is 3.09. The maximum absolute atomic E-state index is 13.0. The summed E-state index contributed by atoms with van der Waals surface area (Å²) in [7, 11) is 0. The van der Waals surface area contributed by atoms with Gasteiger partial charge in [-0.3, -0.25) is 9.78 Å². The molecule has 1 aromatic heterocycles. The zero-order valence-electron chi connectivity index (χ0n) is 15.2. The summed E-state index contributed by atoms with van der Waals surface area (Å²) in [5.74, 6) is -0.689. The molecule has 1 aliphatic rings. The van der Waals surface area contributed by atoms with Crippen molar-refractivity contribution in [3.05, 3.63) is 54.5 Å². The van der Waals surface area contributed by atoms with Crippen molar-refractivity contribution in [2.45, 2.75) is 31.3 Å². The Kier molecular flexibility index (Phi) is 8.38. The van der Waals surface area contributed by atoms with Gasteiger partial charge in [0, 0.05) is 25.4 Å². The molecule has 2 heterocycles. The smallest absolute Gasteiger partial charge is 0.480 e. The number of likely N-dealkylation sites (tertiary alicyclic amines) is 1. The molecule has 147 valence electrons. The largest absolute Gasteiger partial charge is 0.482 e. The molecule has 4 N–H and O–H groups in total. The minimum Gasteiger partial charge on any atom is -0.480 e. The predicted molar refractivity (Wildman–Crippen MR) is 102 cm³/mol. The minimum absolute atomic E-state index is 0. The molecule has 2 aromatic rings. The fraction of sp³-hybridized carbons (Fsp3) is 0.333. The molecule has 10 heteroatoms. The van der Waals surface area contributed by atoms with Crippen LogP contribution in [0.5, 0.6) is 0 Å². The van der Waals surface area contributed by atoms with E-state index in [1.165, 1.54) is 4.90 Å². The lowest BCUT2D eigenvalue weighted by molar-refractivity contribution is -0.148. The number of carbonyl (C=O) groups is 2. The number of nitrogens with zero attached hydrogens (tertiary/aromatic N) is 3. The first kappa shape index (κ1) is 21.3. The zero-order valence-corrected chi connectivity index (χ0v) is 15.2. The number of aliphatic carboxylic acids is 1. The van der Waals surface area contributed by atoms with Crippen LogP contribution in [0.1, 0.15) is 18.4 Å². The van der Waals surface area contributed by atoms with E-state index in [-0.39, 0.29) is 13.6 Å². The van der Waals surface area contributed by atoms with E-state index in [0.717, 1.165) is 5.56 Å². The third-order valence-electron chi connectivity index (χ3n) is 4.29. The molecule has 1 radical (unpaired) electrons. The first-order chi connectivity index (χ1) is 13.6. The van der Waals surface area contributed by atoms with Crippen LogP contribution in [-0.2, 0) is 16.0 Å². The van der Waals surface area contributed by atoms with E-state index in [0.29, 0.717) is 31.6 Å². The molecule has 3 rings (SSSR count). The second-order valence-electron chi connectivity index (χ2n) is 6.12. The third-order valence-corrected chi connectivity index (χ3v) is 4.29. The summed E-state index contributed by atoms with van der Waals surface area (Å²) in [6, 6.07) is 8.27. The van der Waals surface area contributed by atoms with Gasteiger partial charge in [0.1, 0.15) is 17.9 Å². The lowest BCUT2D eigenvalue weighted by Gasteiger charge is -2.27. The van der Waals surface area contributed by atoms with E-state index in [9.17, 15) is 14.7 Å². The molecular formula is C18H22BN4O5. The molecule has 1 fully saturated rings. The van der Waals surface area contributed by atoms with Crippen molar-refractivity contribution in [3.8, 4) is 0 Å². The van der Waals surface area contributed by atoms with Gasteiger partial charge in [-0.25, -0.2) is 9.78 Å². The van der Waals surface area contributed by atoms with Gasteiger partial charge in [-0.15, -0.1) is 0 Å². The molecule has 1 aliphatic heterocycles. The normalized spacial score (nSPS) is 16.5. The number of carbonyl (C=O) groups excluding carboxylic acids is 1. The van der Waals surface area contributed by atoms with Gasteiger partial charge in [-0.05, 0) is 18.4 Å². The number of nitrogens with one attached hydrogen (secondary N) is 1. The van der Waals surface area contributed by atoms with Crippen LogP contribution in [0, 0.1) is 0 Å². The Labute approximate surface area is 163 Å². The van der Waals surface area contributed by atoms with Crippen molar-refractivity contribution < 1.29 is 24.7 Å². The monoisotopic (exact) mass is 385 g/mol. The molecule has 9 nitrogen and oxygen atoms in total. The standard InChI is InChI=1S/C18H20N4O3.BH2O2/c23-17(22-10-4-7-15(22)18(24)25)14(11-13-5-2-1-3-6-13)21-16-12-19-8-9-20-16;2-1-3/h1-3,5-6,8-9,12,14-15H,4,7,10-11H2,(H,20,21)(H,24,25);2-3H/t14?,15-;/m0./s1. The van der Waals surface area contributed by atoms with Crippen LogP contribution in [0.15, 0.2) is 48.9 Å². The molecule has 0 saturated carbocycles. The molecule has 1 amide bonds. The van der Waals surface area contributed by atoms with Gasteiger partial charge >= 0.3 is 13.7 Å². The number of anilines is 1. The Morgan fingerprint density at radius 2 is 1.96 bits per heavy atom. The van der Waals surface area contributed by atoms with E-state index < -0.39 is 18.1 Å².